The highest BCUT2D eigenvalue weighted by atomic mass is 35.5. The lowest BCUT2D eigenvalue weighted by Crippen LogP contribution is -2.48. The zero-order chi connectivity index (χ0) is 19.4. The van der Waals surface area contributed by atoms with Crippen molar-refractivity contribution in [1.82, 2.24) is 4.98 Å². The Balaban J connectivity index is 1.72. The third-order valence-corrected chi connectivity index (χ3v) is 6.16. The van der Waals surface area contributed by atoms with Crippen LogP contribution in [0, 0.1) is 5.41 Å². The summed E-state index contributed by atoms with van der Waals surface area (Å²) in [7, 11) is 0. The van der Waals surface area contributed by atoms with Gasteiger partial charge in [0.2, 0.25) is 0 Å². The summed E-state index contributed by atoms with van der Waals surface area (Å²) in [5.74, 6) is 0.636. The molecule has 1 aliphatic rings. The topological polar surface area (TPSA) is 77.3 Å². The van der Waals surface area contributed by atoms with E-state index in [1.54, 1.807) is 12.3 Å². The second kappa shape index (κ2) is 8.63. The Morgan fingerprint density at radius 2 is 2.07 bits per heavy atom. The van der Waals surface area contributed by atoms with E-state index in [2.05, 4.69) is 11.9 Å². The molecule has 1 aromatic carbocycles. The van der Waals surface area contributed by atoms with Crippen LogP contribution in [-0.4, -0.2) is 30.3 Å². The van der Waals surface area contributed by atoms with Crippen molar-refractivity contribution in [3.8, 4) is 5.75 Å². The van der Waals surface area contributed by atoms with Crippen LogP contribution in [0.3, 0.4) is 0 Å². The minimum absolute atomic E-state index is 0.0328. The standard InChI is InChI=1S/C21H29ClN2O3/c1-3-19(23)21(13-26-4-2)8-5-15(6-9-21)27-18-11-14-7-10-24-20(25)16(14)12-17(18)22/h7,10-12,15,19H,3-6,8-9,13,23H2,1-2H3,(H,24,25). The smallest absolute Gasteiger partial charge is 0.255 e. The summed E-state index contributed by atoms with van der Waals surface area (Å²) in [6, 6.07) is 5.53. The molecule has 1 atom stereocenters. The van der Waals surface area contributed by atoms with Crippen molar-refractivity contribution < 1.29 is 9.47 Å². The molecule has 148 valence electrons. The number of pyridine rings is 1. The summed E-state index contributed by atoms with van der Waals surface area (Å²) in [5, 5.41) is 1.87. The molecule has 0 bridgehead atoms. The molecule has 27 heavy (non-hydrogen) atoms. The van der Waals surface area contributed by atoms with Gasteiger partial charge in [0, 0.05) is 29.6 Å². The van der Waals surface area contributed by atoms with Crippen molar-refractivity contribution in [3.05, 3.63) is 39.8 Å². The third kappa shape index (κ3) is 4.31. The number of benzene rings is 1. The van der Waals surface area contributed by atoms with E-state index in [4.69, 9.17) is 26.8 Å². The molecule has 1 unspecified atom stereocenters. The second-order valence-corrected chi connectivity index (χ2v) is 7.92. The van der Waals surface area contributed by atoms with Crippen LogP contribution in [0.5, 0.6) is 5.75 Å². The molecule has 0 spiro atoms. The van der Waals surface area contributed by atoms with E-state index in [1.807, 2.05) is 19.1 Å². The molecular formula is C21H29ClN2O3. The third-order valence-electron chi connectivity index (χ3n) is 5.87. The Bertz CT molecular complexity index is 828. The average molecular weight is 393 g/mol. The molecule has 5 nitrogen and oxygen atoms in total. The Morgan fingerprint density at radius 1 is 1.33 bits per heavy atom. The number of ether oxygens (including phenoxy) is 2. The van der Waals surface area contributed by atoms with Crippen LogP contribution < -0.4 is 16.0 Å². The molecule has 0 radical (unpaired) electrons. The molecule has 3 N–H and O–H groups in total. The van der Waals surface area contributed by atoms with Crippen LogP contribution in [0.2, 0.25) is 5.02 Å². The number of aromatic amines is 1. The highest BCUT2D eigenvalue weighted by Crippen LogP contribution is 2.42. The van der Waals surface area contributed by atoms with Gasteiger partial charge in [-0.25, -0.2) is 0 Å². The molecule has 2 aromatic rings. The molecule has 0 amide bonds. The minimum Gasteiger partial charge on any atom is -0.489 e. The van der Waals surface area contributed by atoms with Crippen LogP contribution in [0.4, 0.5) is 0 Å². The van der Waals surface area contributed by atoms with Crippen molar-refractivity contribution >= 4 is 22.4 Å². The van der Waals surface area contributed by atoms with Gasteiger partial charge in [-0.2, -0.15) is 0 Å². The van der Waals surface area contributed by atoms with E-state index in [-0.39, 0.29) is 23.1 Å². The maximum absolute atomic E-state index is 11.9. The molecular weight excluding hydrogens is 364 g/mol. The van der Waals surface area contributed by atoms with E-state index in [0.717, 1.165) is 37.5 Å². The first-order valence-corrected chi connectivity index (χ1v) is 10.2. The SMILES string of the molecule is CCOCC1(C(N)CC)CCC(Oc2cc3cc[nH]c(=O)c3cc2Cl)CC1. The highest BCUT2D eigenvalue weighted by molar-refractivity contribution is 6.32. The summed E-state index contributed by atoms with van der Waals surface area (Å²) in [4.78, 5) is 14.6. The number of aromatic nitrogens is 1. The molecule has 1 heterocycles. The fraction of sp³-hybridized carbons (Fsp3) is 0.571. The number of hydrogen-bond acceptors (Lipinski definition) is 4. The predicted octanol–water partition coefficient (Wildman–Crippen LogP) is 4.26. The number of rotatable bonds is 7. The van der Waals surface area contributed by atoms with Crippen molar-refractivity contribution in [2.45, 2.75) is 58.1 Å². The Labute approximate surface area is 165 Å². The van der Waals surface area contributed by atoms with Gasteiger partial charge in [-0.1, -0.05) is 18.5 Å². The van der Waals surface area contributed by atoms with Gasteiger partial charge < -0.3 is 20.2 Å². The largest absolute Gasteiger partial charge is 0.489 e. The quantitative estimate of drug-likeness (QED) is 0.737. The molecule has 1 saturated carbocycles. The van der Waals surface area contributed by atoms with Gasteiger partial charge in [-0.05, 0) is 62.6 Å². The molecule has 3 rings (SSSR count). The summed E-state index contributed by atoms with van der Waals surface area (Å²) in [6.45, 7) is 5.58. The van der Waals surface area contributed by atoms with Crippen LogP contribution in [0.1, 0.15) is 46.0 Å². The van der Waals surface area contributed by atoms with E-state index in [0.29, 0.717) is 29.4 Å². The van der Waals surface area contributed by atoms with Gasteiger partial charge in [-0.15, -0.1) is 0 Å². The van der Waals surface area contributed by atoms with Crippen LogP contribution in [-0.2, 0) is 4.74 Å². The van der Waals surface area contributed by atoms with Crippen LogP contribution in [0.15, 0.2) is 29.2 Å². The molecule has 1 fully saturated rings. The lowest BCUT2D eigenvalue weighted by atomic mass is 9.68. The molecule has 1 aromatic heterocycles. The van der Waals surface area contributed by atoms with Crippen molar-refractivity contribution in [2.75, 3.05) is 13.2 Å². The van der Waals surface area contributed by atoms with E-state index in [9.17, 15) is 4.79 Å². The summed E-state index contributed by atoms with van der Waals surface area (Å²) in [5.41, 5.74) is 6.33. The number of H-pyrrole nitrogens is 1. The number of halogens is 1. The number of hydrogen-bond donors (Lipinski definition) is 2. The Hall–Kier alpha value is -1.56. The fourth-order valence-electron chi connectivity index (χ4n) is 4.10. The maximum Gasteiger partial charge on any atom is 0.255 e. The normalized spacial score (nSPS) is 24.1. The molecule has 0 aliphatic heterocycles. The van der Waals surface area contributed by atoms with Crippen molar-refractivity contribution in [1.29, 1.82) is 0 Å². The summed E-state index contributed by atoms with van der Waals surface area (Å²) < 4.78 is 12.0. The minimum atomic E-state index is -0.145. The van der Waals surface area contributed by atoms with E-state index < -0.39 is 0 Å². The number of nitrogens with two attached hydrogens (primary N) is 1. The number of fused-ring (bicyclic) bond motifs is 1. The number of nitrogens with one attached hydrogen (secondary N) is 1. The maximum atomic E-state index is 11.9. The van der Waals surface area contributed by atoms with E-state index >= 15 is 0 Å². The van der Waals surface area contributed by atoms with Gasteiger partial charge in [-0.3, -0.25) is 4.79 Å². The zero-order valence-corrected chi connectivity index (χ0v) is 16.8. The first kappa shape index (κ1) is 20.2. The van der Waals surface area contributed by atoms with Gasteiger partial charge >= 0.3 is 0 Å². The predicted molar refractivity (Wildman–Crippen MR) is 110 cm³/mol. The van der Waals surface area contributed by atoms with Crippen LogP contribution in [0.25, 0.3) is 10.8 Å². The van der Waals surface area contributed by atoms with Gasteiger partial charge in [0.05, 0.1) is 17.7 Å². The monoisotopic (exact) mass is 392 g/mol. The Kier molecular flexibility index (Phi) is 6.45. The lowest BCUT2D eigenvalue weighted by molar-refractivity contribution is -0.0163. The molecule has 0 saturated heterocycles. The molecule has 6 heteroatoms. The van der Waals surface area contributed by atoms with Crippen LogP contribution >= 0.6 is 11.6 Å². The summed E-state index contributed by atoms with van der Waals surface area (Å²) in [6.07, 6.45) is 6.49. The first-order chi connectivity index (χ1) is 13.0. The molecule has 1 aliphatic carbocycles. The van der Waals surface area contributed by atoms with Gasteiger partial charge in [0.15, 0.2) is 0 Å². The second-order valence-electron chi connectivity index (χ2n) is 7.51. The zero-order valence-electron chi connectivity index (χ0n) is 16.1. The van der Waals surface area contributed by atoms with E-state index in [1.165, 1.54) is 0 Å². The lowest BCUT2D eigenvalue weighted by Gasteiger charge is -2.43. The first-order valence-electron chi connectivity index (χ1n) is 9.80. The highest BCUT2D eigenvalue weighted by Gasteiger charge is 2.40. The average Bonchev–Trinajstić information content (AvgIpc) is 2.68. The van der Waals surface area contributed by atoms with Gasteiger partial charge in [0.25, 0.3) is 5.56 Å². The van der Waals surface area contributed by atoms with Gasteiger partial charge in [0.1, 0.15) is 5.75 Å². The van der Waals surface area contributed by atoms with Crippen molar-refractivity contribution in [2.24, 2.45) is 11.1 Å². The van der Waals surface area contributed by atoms with Crippen molar-refractivity contribution in [3.63, 3.8) is 0 Å². The Morgan fingerprint density at radius 3 is 2.74 bits per heavy atom. The summed E-state index contributed by atoms with van der Waals surface area (Å²) >= 11 is 6.37. The fourth-order valence-corrected chi connectivity index (χ4v) is 4.31.